The Hall–Kier alpha value is -3.45. The molecular formula is C23H18N2O4S. The van der Waals surface area contributed by atoms with E-state index in [2.05, 4.69) is 4.98 Å². The fourth-order valence-electron chi connectivity index (χ4n) is 3.53. The zero-order valence-electron chi connectivity index (χ0n) is 16.5. The molecule has 3 heterocycles. The number of rotatable bonds is 4. The molecule has 0 saturated carbocycles. The number of esters is 1. The Morgan fingerprint density at radius 2 is 1.97 bits per heavy atom. The molecule has 0 unspecified atom stereocenters. The van der Waals surface area contributed by atoms with Gasteiger partial charge in [0.15, 0.2) is 4.96 Å². The van der Waals surface area contributed by atoms with Gasteiger partial charge in [-0.1, -0.05) is 23.5 Å². The maximum Gasteiger partial charge on any atom is 0.310 e. The smallest absolute Gasteiger partial charge is 0.310 e. The van der Waals surface area contributed by atoms with Gasteiger partial charge in [-0.3, -0.25) is 14.0 Å². The molecule has 2 aromatic carbocycles. The highest BCUT2D eigenvalue weighted by Gasteiger charge is 2.14. The Kier molecular flexibility index (Phi) is 4.40. The van der Waals surface area contributed by atoms with Gasteiger partial charge in [-0.15, -0.1) is 0 Å². The van der Waals surface area contributed by atoms with Gasteiger partial charge < -0.3 is 9.15 Å². The molecule has 0 spiro atoms. The van der Waals surface area contributed by atoms with Crippen molar-refractivity contribution in [1.82, 2.24) is 9.38 Å². The summed E-state index contributed by atoms with van der Waals surface area (Å²) >= 11 is 1.43. The Bertz CT molecular complexity index is 1490. The summed E-state index contributed by atoms with van der Waals surface area (Å²) in [4.78, 5) is 30.0. The number of nitrogens with zero attached hydrogens (tertiary/aromatic N) is 2. The van der Waals surface area contributed by atoms with Crippen LogP contribution in [-0.2, 0) is 22.6 Å². The largest absolute Gasteiger partial charge is 0.464 e. The first-order valence-corrected chi connectivity index (χ1v) is 10.3. The van der Waals surface area contributed by atoms with Crippen molar-refractivity contribution in [3.8, 4) is 0 Å². The number of thiazole rings is 1. The molecule has 5 rings (SSSR count). The number of ether oxygens (including phenoxy) is 1. The summed E-state index contributed by atoms with van der Waals surface area (Å²) in [5, 5.41) is 0.915. The van der Waals surface area contributed by atoms with Crippen LogP contribution in [0.15, 0.2) is 57.9 Å². The number of benzene rings is 2. The molecule has 0 amide bonds. The molecule has 150 valence electrons. The van der Waals surface area contributed by atoms with Crippen molar-refractivity contribution in [2.75, 3.05) is 0 Å². The van der Waals surface area contributed by atoms with E-state index in [-0.39, 0.29) is 18.6 Å². The number of carbonyl (C=O) groups excluding carboxylic acids is 1. The van der Waals surface area contributed by atoms with E-state index in [0.717, 1.165) is 37.9 Å². The summed E-state index contributed by atoms with van der Waals surface area (Å²) in [6.07, 6.45) is 1.69. The molecule has 0 bridgehead atoms. The number of para-hydroxylation sites is 1. The lowest BCUT2D eigenvalue weighted by Crippen LogP contribution is -2.15. The van der Waals surface area contributed by atoms with E-state index >= 15 is 0 Å². The quantitative estimate of drug-likeness (QED) is 0.400. The van der Waals surface area contributed by atoms with Crippen LogP contribution in [0.25, 0.3) is 26.1 Å². The molecule has 3 aromatic heterocycles. The van der Waals surface area contributed by atoms with Gasteiger partial charge in [0.25, 0.3) is 5.56 Å². The second-order valence-electron chi connectivity index (χ2n) is 7.30. The molecule has 0 radical (unpaired) electrons. The third kappa shape index (κ3) is 3.17. The van der Waals surface area contributed by atoms with Crippen molar-refractivity contribution in [2.24, 2.45) is 0 Å². The van der Waals surface area contributed by atoms with E-state index in [9.17, 15) is 9.59 Å². The summed E-state index contributed by atoms with van der Waals surface area (Å²) in [5.41, 5.74) is 4.89. The van der Waals surface area contributed by atoms with Crippen molar-refractivity contribution >= 4 is 43.5 Å². The normalized spacial score (nSPS) is 11.5. The van der Waals surface area contributed by atoms with Crippen LogP contribution in [0.1, 0.15) is 22.4 Å². The molecule has 0 saturated heterocycles. The van der Waals surface area contributed by atoms with E-state index in [0.29, 0.717) is 10.7 Å². The van der Waals surface area contributed by atoms with Crippen LogP contribution in [0.4, 0.5) is 0 Å². The van der Waals surface area contributed by atoms with Gasteiger partial charge in [-0.25, -0.2) is 4.98 Å². The van der Waals surface area contributed by atoms with Gasteiger partial charge >= 0.3 is 5.97 Å². The van der Waals surface area contributed by atoms with E-state index in [1.165, 1.54) is 17.4 Å². The molecule has 6 nitrogen and oxygen atoms in total. The number of fused-ring (bicyclic) bond motifs is 4. The van der Waals surface area contributed by atoms with Gasteiger partial charge in [0.2, 0.25) is 0 Å². The van der Waals surface area contributed by atoms with Crippen LogP contribution in [0, 0.1) is 13.8 Å². The molecule has 0 aliphatic carbocycles. The van der Waals surface area contributed by atoms with Crippen molar-refractivity contribution in [3.05, 3.63) is 81.5 Å². The van der Waals surface area contributed by atoms with Crippen LogP contribution >= 0.6 is 11.3 Å². The Balaban J connectivity index is 1.35. The number of aryl methyl sites for hydroxylation is 2. The maximum atomic E-state index is 12.6. The van der Waals surface area contributed by atoms with E-state index in [4.69, 9.17) is 9.15 Å². The van der Waals surface area contributed by atoms with E-state index < -0.39 is 5.97 Å². The third-order valence-corrected chi connectivity index (χ3v) is 6.26. The average molecular weight is 418 g/mol. The highest BCUT2D eigenvalue weighted by molar-refractivity contribution is 7.23. The highest BCUT2D eigenvalue weighted by Crippen LogP contribution is 2.26. The summed E-state index contributed by atoms with van der Waals surface area (Å²) in [6, 6.07) is 13.1. The molecule has 5 aromatic rings. The third-order valence-electron chi connectivity index (χ3n) is 5.23. The fourth-order valence-corrected chi connectivity index (χ4v) is 4.58. The molecule has 0 atom stereocenters. The second-order valence-corrected chi connectivity index (χ2v) is 8.31. The lowest BCUT2D eigenvalue weighted by atomic mass is 10.0. The summed E-state index contributed by atoms with van der Waals surface area (Å²) in [7, 11) is 0. The van der Waals surface area contributed by atoms with Gasteiger partial charge in [-0.2, -0.15) is 0 Å². The van der Waals surface area contributed by atoms with Crippen LogP contribution in [0.2, 0.25) is 0 Å². The minimum atomic E-state index is -0.394. The minimum absolute atomic E-state index is 0.0489. The number of aromatic nitrogens is 2. The molecule has 0 fully saturated rings. The molecule has 0 aliphatic heterocycles. The van der Waals surface area contributed by atoms with Gasteiger partial charge in [-0.05, 0) is 49.2 Å². The SMILES string of the molecule is Cc1cc2occ(CC(=O)OCc3cc(=O)n4c(n3)sc3ccccc34)c2cc1C. The minimum Gasteiger partial charge on any atom is -0.464 e. The van der Waals surface area contributed by atoms with Crippen LogP contribution in [-0.4, -0.2) is 15.4 Å². The highest BCUT2D eigenvalue weighted by atomic mass is 32.1. The van der Waals surface area contributed by atoms with Gasteiger partial charge in [0.05, 0.1) is 28.6 Å². The number of hydrogen-bond donors (Lipinski definition) is 0. The summed E-state index contributed by atoms with van der Waals surface area (Å²) in [5.74, 6) is -0.394. The molecule has 30 heavy (non-hydrogen) atoms. The van der Waals surface area contributed by atoms with Crippen molar-refractivity contribution < 1.29 is 13.9 Å². The van der Waals surface area contributed by atoms with Crippen LogP contribution in [0.3, 0.4) is 0 Å². The molecule has 7 heteroatoms. The van der Waals surface area contributed by atoms with Crippen molar-refractivity contribution in [3.63, 3.8) is 0 Å². The first kappa shape index (κ1) is 18.6. The average Bonchev–Trinajstić information content (AvgIpc) is 3.28. The monoisotopic (exact) mass is 418 g/mol. The lowest BCUT2D eigenvalue weighted by Gasteiger charge is -2.05. The Morgan fingerprint density at radius 1 is 1.17 bits per heavy atom. The zero-order chi connectivity index (χ0) is 20.8. The van der Waals surface area contributed by atoms with Crippen molar-refractivity contribution in [1.29, 1.82) is 0 Å². The fraction of sp³-hybridized carbons (Fsp3) is 0.174. The topological polar surface area (TPSA) is 73.8 Å². The molecule has 0 aliphatic rings. The number of hydrogen-bond acceptors (Lipinski definition) is 6. The van der Waals surface area contributed by atoms with Gasteiger partial charge in [0.1, 0.15) is 12.2 Å². The summed E-state index contributed by atoms with van der Waals surface area (Å²) in [6.45, 7) is 4.00. The van der Waals surface area contributed by atoms with Crippen molar-refractivity contribution in [2.45, 2.75) is 26.9 Å². The molecular weight excluding hydrogens is 400 g/mol. The summed E-state index contributed by atoms with van der Waals surface area (Å²) < 4.78 is 13.5. The molecule has 0 N–H and O–H groups in total. The van der Waals surface area contributed by atoms with Crippen LogP contribution in [0.5, 0.6) is 0 Å². The van der Waals surface area contributed by atoms with Crippen LogP contribution < -0.4 is 5.56 Å². The number of carbonyl (C=O) groups is 1. The first-order valence-electron chi connectivity index (χ1n) is 9.53. The standard InChI is InChI=1S/C23H18N2O4S/c1-13-7-17-15(11-28-19(17)8-14(13)2)9-22(27)29-12-16-10-21(26)25-18-5-3-4-6-20(18)30-23(25)24-16/h3-8,10-11H,9,12H2,1-2H3. The Labute approximate surface area is 175 Å². The Morgan fingerprint density at radius 3 is 2.83 bits per heavy atom. The predicted molar refractivity (Wildman–Crippen MR) is 116 cm³/mol. The van der Waals surface area contributed by atoms with E-state index in [1.54, 1.807) is 10.7 Å². The predicted octanol–water partition coefficient (Wildman–Crippen LogP) is 4.56. The first-order chi connectivity index (χ1) is 14.5. The van der Waals surface area contributed by atoms with E-state index in [1.807, 2.05) is 50.2 Å². The lowest BCUT2D eigenvalue weighted by molar-refractivity contribution is -0.144. The second kappa shape index (κ2) is 7.11. The van der Waals surface area contributed by atoms with Gasteiger partial charge in [0, 0.05) is 17.0 Å². The zero-order valence-corrected chi connectivity index (χ0v) is 17.3. The number of furan rings is 1. The maximum absolute atomic E-state index is 12.6.